The third-order valence-electron chi connectivity index (χ3n) is 3.54. The van der Waals surface area contributed by atoms with Crippen molar-refractivity contribution in [3.63, 3.8) is 0 Å². The SMILES string of the molecule is C=C(C)CN(CC)C(=O)C1CCCCCC1N. The van der Waals surface area contributed by atoms with Crippen LogP contribution in [0, 0.1) is 5.92 Å². The number of carbonyl (C=O) groups excluding carboxylic acids is 1. The molecule has 0 aromatic rings. The second-order valence-electron chi connectivity index (χ2n) is 5.22. The molecule has 2 unspecified atom stereocenters. The lowest BCUT2D eigenvalue weighted by atomic mass is 9.94. The highest BCUT2D eigenvalue weighted by molar-refractivity contribution is 5.79. The van der Waals surface area contributed by atoms with Crippen molar-refractivity contribution in [2.75, 3.05) is 13.1 Å². The van der Waals surface area contributed by atoms with Crippen LogP contribution in [0.1, 0.15) is 46.0 Å². The Balaban J connectivity index is 2.67. The molecular weight excluding hydrogens is 212 g/mol. The number of carbonyl (C=O) groups is 1. The molecule has 1 fully saturated rings. The van der Waals surface area contributed by atoms with E-state index in [0.29, 0.717) is 6.54 Å². The van der Waals surface area contributed by atoms with Crippen LogP contribution in [0.2, 0.25) is 0 Å². The maximum absolute atomic E-state index is 12.4. The second kappa shape index (κ2) is 6.80. The molecule has 1 aliphatic rings. The highest BCUT2D eigenvalue weighted by atomic mass is 16.2. The third kappa shape index (κ3) is 4.15. The van der Waals surface area contributed by atoms with Gasteiger partial charge in [-0.1, -0.05) is 31.4 Å². The van der Waals surface area contributed by atoms with Crippen LogP contribution in [0.4, 0.5) is 0 Å². The smallest absolute Gasteiger partial charge is 0.227 e. The van der Waals surface area contributed by atoms with Gasteiger partial charge in [-0.3, -0.25) is 4.79 Å². The van der Waals surface area contributed by atoms with Gasteiger partial charge in [0.1, 0.15) is 0 Å². The van der Waals surface area contributed by atoms with Crippen molar-refractivity contribution >= 4 is 5.91 Å². The maximum Gasteiger partial charge on any atom is 0.227 e. The van der Waals surface area contributed by atoms with E-state index < -0.39 is 0 Å². The van der Waals surface area contributed by atoms with Crippen molar-refractivity contribution < 1.29 is 4.79 Å². The molecule has 1 aliphatic carbocycles. The highest BCUT2D eigenvalue weighted by Gasteiger charge is 2.29. The molecule has 1 saturated carbocycles. The Hall–Kier alpha value is -0.830. The van der Waals surface area contributed by atoms with Crippen molar-refractivity contribution in [2.45, 2.75) is 52.0 Å². The normalized spacial score (nSPS) is 25.1. The quantitative estimate of drug-likeness (QED) is 0.603. The van der Waals surface area contributed by atoms with Gasteiger partial charge in [0.2, 0.25) is 5.91 Å². The average molecular weight is 238 g/mol. The summed E-state index contributed by atoms with van der Waals surface area (Å²) in [6.07, 6.45) is 5.45. The first-order chi connectivity index (χ1) is 8.06. The summed E-state index contributed by atoms with van der Waals surface area (Å²) in [5, 5.41) is 0. The van der Waals surface area contributed by atoms with Gasteiger partial charge < -0.3 is 10.6 Å². The van der Waals surface area contributed by atoms with Gasteiger partial charge in [-0.15, -0.1) is 0 Å². The molecule has 1 amide bonds. The van der Waals surface area contributed by atoms with Crippen molar-refractivity contribution in [3.8, 4) is 0 Å². The van der Waals surface area contributed by atoms with Gasteiger partial charge in [0.25, 0.3) is 0 Å². The Kier molecular flexibility index (Phi) is 5.69. The molecule has 3 nitrogen and oxygen atoms in total. The van der Waals surface area contributed by atoms with E-state index in [1.807, 2.05) is 18.7 Å². The zero-order chi connectivity index (χ0) is 12.8. The summed E-state index contributed by atoms with van der Waals surface area (Å²) in [5.41, 5.74) is 7.16. The van der Waals surface area contributed by atoms with Crippen LogP contribution in [0.25, 0.3) is 0 Å². The second-order valence-corrected chi connectivity index (χ2v) is 5.22. The monoisotopic (exact) mass is 238 g/mol. The van der Waals surface area contributed by atoms with Crippen molar-refractivity contribution in [2.24, 2.45) is 11.7 Å². The van der Waals surface area contributed by atoms with Crippen LogP contribution < -0.4 is 5.73 Å². The molecule has 0 heterocycles. The maximum atomic E-state index is 12.4. The minimum Gasteiger partial charge on any atom is -0.339 e. The van der Waals surface area contributed by atoms with Gasteiger partial charge in [-0.05, 0) is 26.7 Å². The first-order valence-electron chi connectivity index (χ1n) is 6.75. The minimum absolute atomic E-state index is 0.0248. The zero-order valence-corrected chi connectivity index (χ0v) is 11.2. The molecule has 2 atom stereocenters. The number of hydrogen-bond donors (Lipinski definition) is 1. The number of nitrogens with two attached hydrogens (primary N) is 1. The van der Waals surface area contributed by atoms with Crippen molar-refractivity contribution in [1.29, 1.82) is 0 Å². The fraction of sp³-hybridized carbons (Fsp3) is 0.786. The summed E-state index contributed by atoms with van der Waals surface area (Å²) < 4.78 is 0. The Labute approximate surface area is 105 Å². The van der Waals surface area contributed by atoms with E-state index in [1.54, 1.807) is 0 Å². The predicted molar refractivity (Wildman–Crippen MR) is 71.6 cm³/mol. The Morgan fingerprint density at radius 3 is 2.59 bits per heavy atom. The van der Waals surface area contributed by atoms with E-state index in [-0.39, 0.29) is 17.9 Å². The van der Waals surface area contributed by atoms with Crippen LogP contribution in [0.15, 0.2) is 12.2 Å². The van der Waals surface area contributed by atoms with Gasteiger partial charge in [0.05, 0.1) is 5.92 Å². The standard InChI is InChI=1S/C14H26N2O/c1-4-16(10-11(2)3)14(17)12-8-6-5-7-9-13(12)15/h12-13H,2,4-10,15H2,1,3H3. The van der Waals surface area contributed by atoms with Gasteiger partial charge in [-0.2, -0.15) is 0 Å². The van der Waals surface area contributed by atoms with Crippen LogP contribution in [-0.4, -0.2) is 29.9 Å². The number of amides is 1. The molecule has 0 aromatic carbocycles. The summed E-state index contributed by atoms with van der Waals surface area (Å²) in [6, 6.07) is 0.0455. The summed E-state index contributed by atoms with van der Waals surface area (Å²) in [5.74, 6) is 0.252. The number of rotatable bonds is 4. The molecule has 0 aromatic heterocycles. The topological polar surface area (TPSA) is 46.3 Å². The molecular formula is C14H26N2O. The number of likely N-dealkylation sites (N-methyl/N-ethyl adjacent to an activating group) is 1. The Morgan fingerprint density at radius 2 is 2.00 bits per heavy atom. The lowest BCUT2D eigenvalue weighted by molar-refractivity contribution is -0.135. The minimum atomic E-state index is 0.0248. The predicted octanol–water partition coefficient (Wildman–Crippen LogP) is 2.32. The Morgan fingerprint density at radius 1 is 1.35 bits per heavy atom. The number of nitrogens with zero attached hydrogens (tertiary/aromatic N) is 1. The largest absolute Gasteiger partial charge is 0.339 e. The first kappa shape index (κ1) is 14.2. The zero-order valence-electron chi connectivity index (χ0n) is 11.2. The van der Waals surface area contributed by atoms with E-state index >= 15 is 0 Å². The van der Waals surface area contributed by atoms with Crippen LogP contribution >= 0.6 is 0 Å². The fourth-order valence-corrected chi connectivity index (χ4v) is 2.55. The highest BCUT2D eigenvalue weighted by Crippen LogP contribution is 2.24. The molecule has 0 radical (unpaired) electrons. The lowest BCUT2D eigenvalue weighted by Gasteiger charge is -2.28. The molecule has 3 heteroatoms. The molecule has 0 saturated heterocycles. The molecule has 0 aliphatic heterocycles. The summed E-state index contributed by atoms with van der Waals surface area (Å²) >= 11 is 0. The molecule has 98 valence electrons. The molecule has 0 bridgehead atoms. The van der Waals surface area contributed by atoms with Crippen LogP contribution in [-0.2, 0) is 4.79 Å². The van der Waals surface area contributed by atoms with Crippen LogP contribution in [0.3, 0.4) is 0 Å². The number of hydrogen-bond acceptors (Lipinski definition) is 2. The van der Waals surface area contributed by atoms with E-state index in [1.165, 1.54) is 6.42 Å². The van der Waals surface area contributed by atoms with E-state index in [0.717, 1.165) is 37.8 Å². The van der Waals surface area contributed by atoms with E-state index in [9.17, 15) is 4.79 Å². The van der Waals surface area contributed by atoms with Gasteiger partial charge in [-0.25, -0.2) is 0 Å². The van der Waals surface area contributed by atoms with Gasteiger partial charge >= 0.3 is 0 Å². The lowest BCUT2D eigenvalue weighted by Crippen LogP contribution is -2.44. The molecule has 2 N–H and O–H groups in total. The van der Waals surface area contributed by atoms with Crippen LogP contribution in [0.5, 0.6) is 0 Å². The summed E-state index contributed by atoms with van der Waals surface area (Å²) in [4.78, 5) is 14.3. The third-order valence-corrected chi connectivity index (χ3v) is 3.54. The molecule has 0 spiro atoms. The summed E-state index contributed by atoms with van der Waals surface area (Å²) in [7, 11) is 0. The van der Waals surface area contributed by atoms with E-state index in [4.69, 9.17) is 5.73 Å². The van der Waals surface area contributed by atoms with Crippen molar-refractivity contribution in [1.82, 2.24) is 4.90 Å². The Bertz CT molecular complexity index is 275. The molecule has 1 rings (SSSR count). The average Bonchev–Trinajstić information content (AvgIpc) is 2.49. The van der Waals surface area contributed by atoms with Gasteiger partial charge in [0, 0.05) is 19.1 Å². The van der Waals surface area contributed by atoms with Gasteiger partial charge in [0.15, 0.2) is 0 Å². The fourth-order valence-electron chi connectivity index (χ4n) is 2.55. The molecule has 17 heavy (non-hydrogen) atoms. The van der Waals surface area contributed by atoms with E-state index in [2.05, 4.69) is 6.58 Å². The summed E-state index contributed by atoms with van der Waals surface area (Å²) in [6.45, 7) is 9.27. The first-order valence-corrected chi connectivity index (χ1v) is 6.75. The van der Waals surface area contributed by atoms with Crippen molar-refractivity contribution in [3.05, 3.63) is 12.2 Å².